The molecule has 0 aliphatic heterocycles. The van der Waals surface area contributed by atoms with Crippen LogP contribution >= 0.6 is 0 Å². The number of rotatable bonds is 7. The highest BCUT2D eigenvalue weighted by Crippen LogP contribution is 2.30. The first kappa shape index (κ1) is 21.7. The molecule has 3 aromatic heterocycles. The summed E-state index contributed by atoms with van der Waals surface area (Å²) in [5.74, 6) is -0.577. The summed E-state index contributed by atoms with van der Waals surface area (Å²) in [6.45, 7) is 2.28. The van der Waals surface area contributed by atoms with E-state index < -0.39 is 5.97 Å². The van der Waals surface area contributed by atoms with E-state index >= 15 is 0 Å². The topological polar surface area (TPSA) is 144 Å². The number of benzene rings is 2. The maximum Gasteiger partial charge on any atom is 0.335 e. The third kappa shape index (κ3) is 4.40. The number of hydrogen-bond acceptors (Lipinski definition) is 8. The molecule has 0 spiro atoms. The van der Waals surface area contributed by atoms with Crippen molar-refractivity contribution >= 4 is 11.6 Å². The number of hydrogen-bond donors (Lipinski definition) is 1. The molecule has 0 aliphatic carbocycles. The van der Waals surface area contributed by atoms with Crippen LogP contribution in [0.3, 0.4) is 0 Å². The highest BCUT2D eigenvalue weighted by atomic mass is 16.5. The van der Waals surface area contributed by atoms with Gasteiger partial charge in [0.05, 0.1) is 29.6 Å². The molecule has 11 nitrogen and oxygen atoms in total. The van der Waals surface area contributed by atoms with Gasteiger partial charge in [-0.1, -0.05) is 18.2 Å². The fourth-order valence-corrected chi connectivity index (χ4v) is 3.71. The molecule has 11 heteroatoms. The zero-order chi connectivity index (χ0) is 24.4. The molecule has 0 saturated carbocycles. The van der Waals surface area contributed by atoms with Crippen LogP contribution in [-0.4, -0.2) is 52.0 Å². The number of aromatic nitrogens is 7. The minimum Gasteiger partial charge on any atom is -0.487 e. The molecule has 35 heavy (non-hydrogen) atoms. The second-order valence-electron chi connectivity index (χ2n) is 7.81. The Morgan fingerprint density at radius 3 is 2.86 bits per heavy atom. The van der Waals surface area contributed by atoms with Gasteiger partial charge in [-0.2, -0.15) is 10.4 Å². The number of nitriles is 1. The van der Waals surface area contributed by atoms with Crippen molar-refractivity contribution in [1.82, 2.24) is 34.8 Å². The van der Waals surface area contributed by atoms with Crippen LogP contribution in [0.4, 0.5) is 0 Å². The fraction of sp³-hybridized carbons (Fsp3) is 0.125. The van der Waals surface area contributed by atoms with E-state index in [2.05, 4.69) is 26.7 Å². The van der Waals surface area contributed by atoms with Crippen molar-refractivity contribution in [2.45, 2.75) is 19.6 Å². The van der Waals surface area contributed by atoms with Crippen molar-refractivity contribution in [2.24, 2.45) is 0 Å². The maximum atomic E-state index is 11.4. The lowest BCUT2D eigenvalue weighted by molar-refractivity contribution is 0.0697. The fourth-order valence-electron chi connectivity index (χ4n) is 3.71. The van der Waals surface area contributed by atoms with Gasteiger partial charge in [-0.05, 0) is 53.2 Å². The van der Waals surface area contributed by atoms with Crippen LogP contribution in [0.25, 0.3) is 28.0 Å². The summed E-state index contributed by atoms with van der Waals surface area (Å²) in [6, 6.07) is 15.9. The molecule has 3 heterocycles. The zero-order valence-electron chi connectivity index (χ0n) is 18.5. The highest BCUT2D eigenvalue weighted by molar-refractivity contribution is 5.90. The third-order valence-corrected chi connectivity index (χ3v) is 5.35. The second kappa shape index (κ2) is 9.03. The van der Waals surface area contributed by atoms with Crippen molar-refractivity contribution < 1.29 is 14.6 Å². The average molecular weight is 466 g/mol. The predicted molar refractivity (Wildman–Crippen MR) is 123 cm³/mol. The Morgan fingerprint density at radius 1 is 1.20 bits per heavy atom. The highest BCUT2D eigenvalue weighted by Gasteiger charge is 2.15. The van der Waals surface area contributed by atoms with E-state index in [0.29, 0.717) is 40.3 Å². The van der Waals surface area contributed by atoms with E-state index in [1.54, 1.807) is 51.9 Å². The summed E-state index contributed by atoms with van der Waals surface area (Å²) < 4.78 is 9.21. The van der Waals surface area contributed by atoms with Crippen molar-refractivity contribution in [2.75, 3.05) is 0 Å². The Bertz CT molecular complexity index is 1570. The van der Waals surface area contributed by atoms with E-state index in [1.165, 1.54) is 12.4 Å². The van der Waals surface area contributed by atoms with Gasteiger partial charge >= 0.3 is 5.97 Å². The molecule has 5 aromatic rings. The van der Waals surface area contributed by atoms with Crippen LogP contribution in [0.1, 0.15) is 22.8 Å². The van der Waals surface area contributed by atoms with E-state index in [-0.39, 0.29) is 11.7 Å². The number of nitrogens with zero attached hydrogens (tertiary/aromatic N) is 8. The smallest absolute Gasteiger partial charge is 0.335 e. The molecule has 0 fully saturated rings. The first-order valence-corrected chi connectivity index (χ1v) is 10.6. The lowest BCUT2D eigenvalue weighted by Gasteiger charge is -2.16. The monoisotopic (exact) mass is 466 g/mol. The van der Waals surface area contributed by atoms with Crippen LogP contribution in [-0.2, 0) is 6.54 Å². The predicted octanol–water partition coefficient (Wildman–Crippen LogP) is 3.09. The van der Waals surface area contributed by atoms with Crippen LogP contribution in [0.15, 0.2) is 67.3 Å². The van der Waals surface area contributed by atoms with Crippen molar-refractivity contribution in [3.8, 4) is 34.2 Å². The molecule has 0 aliphatic rings. The molecule has 1 atom stereocenters. The lowest BCUT2D eigenvalue weighted by atomic mass is 10.1. The van der Waals surface area contributed by atoms with Crippen LogP contribution in [0.2, 0.25) is 0 Å². The molecule has 0 bridgehead atoms. The van der Waals surface area contributed by atoms with Gasteiger partial charge in [0.25, 0.3) is 0 Å². The minimum atomic E-state index is -1.00. The Labute approximate surface area is 198 Å². The van der Waals surface area contributed by atoms with Gasteiger partial charge in [-0.3, -0.25) is 0 Å². The Morgan fingerprint density at radius 2 is 2.09 bits per heavy atom. The van der Waals surface area contributed by atoms with Crippen molar-refractivity contribution in [1.29, 1.82) is 5.26 Å². The molecule has 172 valence electrons. The summed E-state index contributed by atoms with van der Waals surface area (Å²) >= 11 is 0. The summed E-state index contributed by atoms with van der Waals surface area (Å²) in [4.78, 5) is 16.2. The minimum absolute atomic E-state index is 0.183. The number of ether oxygens (including phenoxy) is 1. The summed E-state index contributed by atoms with van der Waals surface area (Å²) in [5.41, 5.74) is 3.96. The van der Waals surface area contributed by atoms with Crippen LogP contribution in [0.5, 0.6) is 5.75 Å². The molecular formula is C24H18N8O3. The lowest BCUT2D eigenvalue weighted by Crippen LogP contribution is -2.20. The van der Waals surface area contributed by atoms with Gasteiger partial charge in [0, 0.05) is 17.3 Å². The van der Waals surface area contributed by atoms with Crippen LogP contribution < -0.4 is 4.74 Å². The summed E-state index contributed by atoms with van der Waals surface area (Å²) in [7, 11) is 0. The van der Waals surface area contributed by atoms with E-state index in [4.69, 9.17) is 9.72 Å². The third-order valence-electron chi connectivity index (χ3n) is 5.35. The molecule has 2 aromatic carbocycles. The quantitative estimate of drug-likeness (QED) is 0.382. The van der Waals surface area contributed by atoms with E-state index in [0.717, 1.165) is 5.56 Å². The number of carbonyl (C=O) groups is 1. The molecule has 5 rings (SSSR count). The first-order chi connectivity index (χ1) is 17.0. The van der Waals surface area contributed by atoms with E-state index in [9.17, 15) is 15.2 Å². The van der Waals surface area contributed by atoms with Gasteiger partial charge in [0.15, 0.2) is 5.65 Å². The normalized spacial score (nSPS) is 11.8. The average Bonchev–Trinajstić information content (AvgIpc) is 3.53. The van der Waals surface area contributed by atoms with E-state index in [1.807, 2.05) is 19.1 Å². The number of fused-ring (bicyclic) bond motifs is 1. The van der Waals surface area contributed by atoms with Crippen LogP contribution in [0, 0.1) is 11.3 Å². The van der Waals surface area contributed by atoms with Gasteiger partial charge in [0.1, 0.15) is 24.3 Å². The molecule has 0 unspecified atom stereocenters. The molecule has 0 radical (unpaired) electrons. The SMILES string of the molecule is C[C@@H](Cn1cnnn1)Oc1cc(-c2ccn3ncc(-c4cccc(C(=O)O)c4)c3n2)ccc1C#N. The number of aromatic carboxylic acids is 1. The standard InChI is InChI=1S/C24H18N8O3/c1-15(13-31-14-26-29-30-31)35-22-10-17(5-6-19(22)11-25)21-7-8-32-23(28-21)20(12-27-32)16-3-2-4-18(9-16)24(33)34/h2-10,12,14-15H,13H2,1H3,(H,33,34)/t15-/m0/s1. The molecule has 0 saturated heterocycles. The number of carboxylic acid groups (broad SMARTS) is 1. The molecular weight excluding hydrogens is 448 g/mol. The Balaban J connectivity index is 1.50. The second-order valence-corrected chi connectivity index (χ2v) is 7.81. The first-order valence-electron chi connectivity index (χ1n) is 10.6. The van der Waals surface area contributed by atoms with Gasteiger partial charge in [-0.25, -0.2) is 19.0 Å². The maximum absolute atomic E-state index is 11.4. The summed E-state index contributed by atoms with van der Waals surface area (Å²) in [6.07, 6.45) is 4.64. The number of tetrazole rings is 1. The Hall–Kier alpha value is -5.11. The largest absolute Gasteiger partial charge is 0.487 e. The number of carboxylic acids is 1. The van der Waals surface area contributed by atoms with Gasteiger partial charge in [0.2, 0.25) is 0 Å². The molecule has 1 N–H and O–H groups in total. The van der Waals surface area contributed by atoms with Crippen molar-refractivity contribution in [3.63, 3.8) is 0 Å². The van der Waals surface area contributed by atoms with Gasteiger partial charge in [-0.15, -0.1) is 5.10 Å². The Kier molecular flexibility index (Phi) is 5.60. The molecule has 0 amide bonds. The zero-order valence-corrected chi connectivity index (χ0v) is 18.5. The summed E-state index contributed by atoms with van der Waals surface area (Å²) in [5, 5.41) is 34.3. The van der Waals surface area contributed by atoms with Crippen molar-refractivity contribution in [3.05, 3.63) is 78.4 Å². The van der Waals surface area contributed by atoms with Gasteiger partial charge < -0.3 is 9.84 Å².